The van der Waals surface area contributed by atoms with Gasteiger partial charge >= 0.3 is 0 Å². The van der Waals surface area contributed by atoms with Crippen molar-refractivity contribution in [2.45, 2.75) is 13.0 Å². The second kappa shape index (κ2) is 6.57. The largest absolute Gasteiger partial charge is 0.337 e. The Morgan fingerprint density at radius 1 is 1.12 bits per heavy atom. The Balaban J connectivity index is 1.55. The van der Waals surface area contributed by atoms with Crippen LogP contribution < -0.4 is 5.32 Å². The Hall–Kier alpha value is -2.86. The number of amides is 1. The number of anilines is 2. The van der Waals surface area contributed by atoms with Gasteiger partial charge in [-0.15, -0.1) is 10.2 Å². The lowest BCUT2D eigenvalue weighted by molar-refractivity contribution is 0.0729. The van der Waals surface area contributed by atoms with Crippen LogP contribution in [0.3, 0.4) is 0 Å². The van der Waals surface area contributed by atoms with Crippen LogP contribution in [-0.4, -0.2) is 32.8 Å². The van der Waals surface area contributed by atoms with Crippen molar-refractivity contribution in [1.29, 1.82) is 0 Å². The van der Waals surface area contributed by atoms with E-state index in [0.717, 1.165) is 12.1 Å². The monoisotopic (exact) mass is 353 g/mol. The highest BCUT2D eigenvalue weighted by Gasteiger charge is 2.26. The average molecular weight is 354 g/mol. The zero-order valence-electron chi connectivity index (χ0n) is 13.4. The van der Waals surface area contributed by atoms with Crippen molar-refractivity contribution in [3.63, 3.8) is 0 Å². The van der Waals surface area contributed by atoms with Crippen LogP contribution in [-0.2, 0) is 13.0 Å². The zero-order valence-corrected chi connectivity index (χ0v) is 14.1. The van der Waals surface area contributed by atoms with Gasteiger partial charge in [-0.1, -0.05) is 41.9 Å². The summed E-state index contributed by atoms with van der Waals surface area (Å²) < 4.78 is 0. The Bertz CT molecular complexity index is 923. The molecule has 7 heteroatoms. The Kier molecular flexibility index (Phi) is 4.11. The molecule has 4 rings (SSSR count). The molecule has 0 saturated heterocycles. The van der Waals surface area contributed by atoms with Crippen LogP contribution in [0.2, 0.25) is 5.02 Å². The van der Waals surface area contributed by atoms with Gasteiger partial charge in [0.1, 0.15) is 0 Å². The predicted octanol–water partition coefficient (Wildman–Crippen LogP) is 3.40. The molecule has 0 radical (unpaired) electrons. The number of nitrogens with one attached hydrogen (secondary N) is 2. The van der Waals surface area contributed by atoms with Crippen LogP contribution in [0.25, 0.3) is 0 Å². The molecule has 0 bridgehead atoms. The molecule has 6 nitrogen and oxygen atoms in total. The maximum atomic E-state index is 12.9. The van der Waals surface area contributed by atoms with E-state index in [-0.39, 0.29) is 11.6 Å². The smallest absolute Gasteiger partial charge is 0.278 e. The number of aromatic nitrogens is 3. The molecular formula is C18H16ClN5O. The third-order valence-corrected chi connectivity index (χ3v) is 4.49. The van der Waals surface area contributed by atoms with E-state index >= 15 is 0 Å². The summed E-state index contributed by atoms with van der Waals surface area (Å²) in [6.07, 6.45) is 0.844. The average Bonchev–Trinajstić information content (AvgIpc) is 3.09. The highest BCUT2D eigenvalue weighted by Crippen LogP contribution is 2.24. The van der Waals surface area contributed by atoms with Gasteiger partial charge in [-0.3, -0.25) is 4.79 Å². The van der Waals surface area contributed by atoms with Crippen molar-refractivity contribution in [1.82, 2.24) is 20.3 Å². The zero-order chi connectivity index (χ0) is 17.2. The summed E-state index contributed by atoms with van der Waals surface area (Å²) in [5, 5.41) is 14.3. The van der Waals surface area contributed by atoms with Gasteiger partial charge in [0.05, 0.1) is 0 Å². The third-order valence-electron chi connectivity index (χ3n) is 4.26. The van der Waals surface area contributed by atoms with E-state index in [2.05, 4.69) is 32.9 Å². The summed E-state index contributed by atoms with van der Waals surface area (Å²) in [4.78, 5) is 14.7. The Labute approximate surface area is 149 Å². The topological polar surface area (TPSA) is 73.9 Å². The van der Waals surface area contributed by atoms with Crippen molar-refractivity contribution in [3.8, 4) is 0 Å². The number of hydrogen-bond acceptors (Lipinski definition) is 4. The van der Waals surface area contributed by atoms with Crippen LogP contribution in [0.5, 0.6) is 0 Å². The number of carbonyl (C=O) groups excluding carboxylic acids is 1. The van der Waals surface area contributed by atoms with Gasteiger partial charge in [0, 0.05) is 23.8 Å². The first-order valence-corrected chi connectivity index (χ1v) is 8.38. The third kappa shape index (κ3) is 3.21. The Morgan fingerprint density at radius 3 is 2.80 bits per heavy atom. The summed E-state index contributed by atoms with van der Waals surface area (Å²) in [6.45, 7) is 1.25. The summed E-state index contributed by atoms with van der Waals surface area (Å²) in [5.74, 6) is 0.249. The minimum absolute atomic E-state index is 0.146. The highest BCUT2D eigenvalue weighted by molar-refractivity contribution is 6.30. The molecule has 2 aromatic carbocycles. The molecule has 1 aromatic heterocycles. The molecular weight excluding hydrogens is 338 g/mol. The van der Waals surface area contributed by atoms with Crippen LogP contribution in [0.15, 0.2) is 48.5 Å². The van der Waals surface area contributed by atoms with Crippen molar-refractivity contribution in [2.24, 2.45) is 0 Å². The fourth-order valence-corrected chi connectivity index (χ4v) is 3.18. The van der Waals surface area contributed by atoms with Gasteiger partial charge in [-0.25, -0.2) is 0 Å². The van der Waals surface area contributed by atoms with Crippen molar-refractivity contribution < 1.29 is 4.79 Å². The number of halogens is 1. The van der Waals surface area contributed by atoms with E-state index in [1.807, 2.05) is 24.3 Å². The molecule has 1 amide bonds. The number of carbonyl (C=O) groups is 1. The number of fused-ring (bicyclic) bond motifs is 1. The van der Waals surface area contributed by atoms with Gasteiger partial charge in [0.15, 0.2) is 11.5 Å². The second-order valence-electron chi connectivity index (χ2n) is 5.90. The summed E-state index contributed by atoms with van der Waals surface area (Å²) >= 11 is 6.00. The van der Waals surface area contributed by atoms with Gasteiger partial charge in [-0.2, -0.15) is 5.21 Å². The van der Waals surface area contributed by atoms with Crippen LogP contribution >= 0.6 is 11.6 Å². The maximum absolute atomic E-state index is 12.9. The van der Waals surface area contributed by atoms with E-state index < -0.39 is 0 Å². The first-order chi connectivity index (χ1) is 12.2. The van der Waals surface area contributed by atoms with E-state index in [9.17, 15) is 4.79 Å². The summed E-state index contributed by atoms with van der Waals surface area (Å²) in [7, 11) is 0. The molecule has 0 atom stereocenters. The first kappa shape index (κ1) is 15.7. The van der Waals surface area contributed by atoms with Gasteiger partial charge in [-0.05, 0) is 35.7 Å². The first-order valence-electron chi connectivity index (χ1n) is 8.00. The lowest BCUT2D eigenvalue weighted by atomic mass is 10.00. The SMILES string of the molecule is O=C(c1n[nH]nc1Nc1cccc(Cl)c1)N1CCc2ccccc2C1. The molecule has 1 aliphatic heterocycles. The van der Waals surface area contributed by atoms with E-state index in [0.29, 0.717) is 23.9 Å². The molecule has 0 fully saturated rings. The van der Waals surface area contributed by atoms with Crippen LogP contribution in [0.4, 0.5) is 11.5 Å². The molecule has 1 aliphatic rings. The standard InChI is InChI=1S/C18H16ClN5O/c19-14-6-3-7-15(10-14)20-17-16(21-23-22-17)18(25)24-9-8-12-4-1-2-5-13(12)11-24/h1-7,10H,8-9,11H2,(H2,20,21,22,23). The maximum Gasteiger partial charge on any atom is 0.278 e. The van der Waals surface area contributed by atoms with Gasteiger partial charge in [0.2, 0.25) is 0 Å². The molecule has 0 unspecified atom stereocenters. The molecule has 2 N–H and O–H groups in total. The lowest BCUT2D eigenvalue weighted by Gasteiger charge is -2.28. The fraction of sp³-hybridized carbons (Fsp3) is 0.167. The molecule has 25 heavy (non-hydrogen) atoms. The Morgan fingerprint density at radius 2 is 1.96 bits per heavy atom. The lowest BCUT2D eigenvalue weighted by Crippen LogP contribution is -2.36. The number of hydrogen-bond donors (Lipinski definition) is 2. The fourth-order valence-electron chi connectivity index (χ4n) is 2.99. The van der Waals surface area contributed by atoms with Crippen molar-refractivity contribution >= 4 is 29.0 Å². The molecule has 126 valence electrons. The quantitative estimate of drug-likeness (QED) is 0.756. The number of aromatic amines is 1. The van der Waals surface area contributed by atoms with Crippen molar-refractivity contribution in [2.75, 3.05) is 11.9 Å². The molecule has 0 saturated carbocycles. The van der Waals surface area contributed by atoms with Gasteiger partial charge < -0.3 is 10.2 Å². The van der Waals surface area contributed by atoms with Crippen LogP contribution in [0, 0.1) is 0 Å². The van der Waals surface area contributed by atoms with E-state index in [1.165, 1.54) is 11.1 Å². The summed E-state index contributed by atoms with van der Waals surface area (Å²) in [6, 6.07) is 15.4. The molecule has 0 aliphatic carbocycles. The van der Waals surface area contributed by atoms with Crippen molar-refractivity contribution in [3.05, 3.63) is 70.4 Å². The number of nitrogens with zero attached hydrogens (tertiary/aromatic N) is 3. The number of benzene rings is 2. The number of H-pyrrole nitrogens is 1. The molecule has 2 heterocycles. The predicted molar refractivity (Wildman–Crippen MR) is 96.0 cm³/mol. The highest BCUT2D eigenvalue weighted by atomic mass is 35.5. The molecule has 0 spiro atoms. The van der Waals surface area contributed by atoms with E-state index in [4.69, 9.17) is 11.6 Å². The summed E-state index contributed by atoms with van der Waals surface area (Å²) in [5.41, 5.74) is 3.50. The number of rotatable bonds is 3. The minimum atomic E-state index is -0.146. The molecule has 3 aromatic rings. The van der Waals surface area contributed by atoms with Crippen LogP contribution in [0.1, 0.15) is 21.6 Å². The minimum Gasteiger partial charge on any atom is -0.337 e. The van der Waals surface area contributed by atoms with Gasteiger partial charge in [0.25, 0.3) is 5.91 Å². The normalized spacial score (nSPS) is 13.4. The second-order valence-corrected chi connectivity index (χ2v) is 6.34. The van der Waals surface area contributed by atoms with E-state index in [1.54, 1.807) is 17.0 Å².